The van der Waals surface area contributed by atoms with Crippen LogP contribution in [0.1, 0.15) is 11.7 Å². The number of aliphatic hydroxyl groups is 1. The van der Waals surface area contributed by atoms with E-state index in [-0.39, 0.29) is 12.1 Å². The van der Waals surface area contributed by atoms with Crippen LogP contribution < -0.4 is 10.6 Å². The number of amides is 2. The van der Waals surface area contributed by atoms with Crippen molar-refractivity contribution in [2.45, 2.75) is 6.10 Å². The van der Waals surface area contributed by atoms with Crippen LogP contribution in [-0.2, 0) is 0 Å². The molecular formula is C12H11F2N3O2S. The van der Waals surface area contributed by atoms with Crippen molar-refractivity contribution in [3.8, 4) is 0 Å². The molecule has 0 aliphatic rings. The summed E-state index contributed by atoms with van der Waals surface area (Å²) in [5, 5.41) is 16.7. The molecule has 0 aliphatic heterocycles. The zero-order valence-corrected chi connectivity index (χ0v) is 11.0. The van der Waals surface area contributed by atoms with E-state index in [9.17, 15) is 18.7 Å². The van der Waals surface area contributed by atoms with Gasteiger partial charge >= 0.3 is 6.03 Å². The van der Waals surface area contributed by atoms with Crippen LogP contribution in [0.3, 0.4) is 0 Å². The largest absolute Gasteiger partial charge is 0.386 e. The first-order valence-electron chi connectivity index (χ1n) is 5.63. The lowest BCUT2D eigenvalue weighted by molar-refractivity contribution is 0.170. The van der Waals surface area contributed by atoms with Gasteiger partial charge in [-0.3, -0.25) is 5.32 Å². The number of nitrogens with one attached hydrogen (secondary N) is 2. The Morgan fingerprint density at radius 3 is 2.90 bits per heavy atom. The van der Waals surface area contributed by atoms with Crippen molar-refractivity contribution in [1.29, 1.82) is 0 Å². The Hall–Kier alpha value is -2.06. The maximum Gasteiger partial charge on any atom is 0.321 e. The van der Waals surface area contributed by atoms with E-state index in [1.54, 1.807) is 5.38 Å². The van der Waals surface area contributed by atoms with Gasteiger partial charge in [-0.15, -0.1) is 11.3 Å². The Bertz CT molecular complexity index is 592. The fraction of sp³-hybridized carbons (Fsp3) is 0.167. The highest BCUT2D eigenvalue weighted by atomic mass is 32.1. The molecule has 1 aromatic carbocycles. The number of nitrogens with zero attached hydrogens (tertiary/aromatic N) is 1. The summed E-state index contributed by atoms with van der Waals surface area (Å²) in [6.07, 6.45) is 0.265. The number of urea groups is 1. The zero-order valence-electron chi connectivity index (χ0n) is 10.1. The Kier molecular flexibility index (Phi) is 4.59. The fourth-order valence-electron chi connectivity index (χ4n) is 1.50. The first kappa shape index (κ1) is 14.4. The second-order valence-corrected chi connectivity index (χ2v) is 4.75. The van der Waals surface area contributed by atoms with Gasteiger partial charge in [-0.05, 0) is 6.07 Å². The monoisotopic (exact) mass is 299 g/mol. The summed E-state index contributed by atoms with van der Waals surface area (Å²) in [6.45, 7) is -0.209. The summed E-state index contributed by atoms with van der Waals surface area (Å²) >= 11 is 1.24. The van der Waals surface area contributed by atoms with Gasteiger partial charge in [0, 0.05) is 29.8 Å². The lowest BCUT2D eigenvalue weighted by Crippen LogP contribution is -2.32. The molecule has 3 N–H and O–H groups in total. The van der Waals surface area contributed by atoms with Gasteiger partial charge in [0.2, 0.25) is 0 Å². The number of aromatic nitrogens is 1. The average Bonchev–Trinajstić information content (AvgIpc) is 2.89. The third kappa shape index (κ3) is 3.72. The Labute approximate surface area is 117 Å². The number of thiazole rings is 1. The number of carbonyl (C=O) groups excluding carboxylic acids is 1. The van der Waals surface area contributed by atoms with E-state index in [0.717, 1.165) is 12.1 Å². The predicted octanol–water partition coefficient (Wildman–Crippen LogP) is 2.28. The summed E-state index contributed by atoms with van der Waals surface area (Å²) < 4.78 is 26.1. The van der Waals surface area contributed by atoms with Gasteiger partial charge < -0.3 is 10.4 Å². The number of rotatable bonds is 4. The Balaban J connectivity index is 1.88. The molecule has 0 unspecified atom stereocenters. The molecule has 2 rings (SSSR count). The van der Waals surface area contributed by atoms with E-state index in [0.29, 0.717) is 11.2 Å². The molecule has 20 heavy (non-hydrogen) atoms. The highest BCUT2D eigenvalue weighted by molar-refractivity contribution is 7.13. The molecular weight excluding hydrogens is 288 g/mol. The van der Waals surface area contributed by atoms with Crippen LogP contribution >= 0.6 is 11.3 Å². The van der Waals surface area contributed by atoms with Crippen LogP contribution in [0.5, 0.6) is 0 Å². The number of hydrogen-bond acceptors (Lipinski definition) is 4. The van der Waals surface area contributed by atoms with Crippen LogP contribution in [-0.4, -0.2) is 22.7 Å². The second-order valence-electron chi connectivity index (χ2n) is 3.85. The van der Waals surface area contributed by atoms with Gasteiger partial charge in [-0.2, -0.15) is 0 Å². The number of hydrogen-bond donors (Lipinski definition) is 3. The highest BCUT2D eigenvalue weighted by Crippen LogP contribution is 2.17. The molecule has 2 aromatic rings. The minimum atomic E-state index is -1.27. The van der Waals surface area contributed by atoms with Gasteiger partial charge in [0.25, 0.3) is 0 Å². The Morgan fingerprint density at radius 1 is 1.45 bits per heavy atom. The van der Waals surface area contributed by atoms with Crippen molar-refractivity contribution >= 4 is 22.5 Å². The minimum Gasteiger partial charge on any atom is -0.386 e. The number of anilines is 1. The normalized spacial score (nSPS) is 11.9. The van der Waals surface area contributed by atoms with Crippen molar-refractivity contribution in [1.82, 2.24) is 10.3 Å². The van der Waals surface area contributed by atoms with Crippen LogP contribution in [0.15, 0.2) is 29.8 Å². The number of carbonyl (C=O) groups is 1. The highest BCUT2D eigenvalue weighted by Gasteiger charge is 2.14. The smallest absolute Gasteiger partial charge is 0.321 e. The molecule has 0 fully saturated rings. The van der Waals surface area contributed by atoms with E-state index in [1.165, 1.54) is 17.5 Å². The predicted molar refractivity (Wildman–Crippen MR) is 70.5 cm³/mol. The first-order chi connectivity index (χ1) is 9.56. The number of aliphatic hydroxyl groups excluding tert-OH is 1. The van der Waals surface area contributed by atoms with E-state index in [2.05, 4.69) is 15.6 Å². The topological polar surface area (TPSA) is 74.2 Å². The van der Waals surface area contributed by atoms with Crippen molar-refractivity contribution in [2.24, 2.45) is 0 Å². The van der Waals surface area contributed by atoms with Crippen LogP contribution in [0.25, 0.3) is 0 Å². The first-order valence-corrected chi connectivity index (χ1v) is 6.51. The molecule has 5 nitrogen and oxygen atoms in total. The lowest BCUT2D eigenvalue weighted by atomic mass is 10.1. The third-order valence-electron chi connectivity index (χ3n) is 2.43. The van der Waals surface area contributed by atoms with Crippen molar-refractivity contribution < 1.29 is 18.7 Å². The second kappa shape index (κ2) is 6.40. The number of benzene rings is 1. The van der Waals surface area contributed by atoms with E-state index in [4.69, 9.17) is 0 Å². The molecule has 0 aliphatic carbocycles. The van der Waals surface area contributed by atoms with Gasteiger partial charge in [-0.1, -0.05) is 6.07 Å². The molecule has 1 aromatic heterocycles. The molecule has 2 amide bonds. The molecule has 0 spiro atoms. The molecule has 0 saturated carbocycles. The molecule has 8 heteroatoms. The summed E-state index contributed by atoms with van der Waals surface area (Å²) in [5.41, 5.74) is -0.0825. The molecule has 0 saturated heterocycles. The fourth-order valence-corrected chi connectivity index (χ4v) is 2.02. The van der Waals surface area contributed by atoms with Gasteiger partial charge in [0.15, 0.2) is 5.13 Å². The molecule has 1 heterocycles. The average molecular weight is 299 g/mol. The van der Waals surface area contributed by atoms with Crippen molar-refractivity contribution in [2.75, 3.05) is 11.9 Å². The maximum absolute atomic E-state index is 13.4. The molecule has 0 bridgehead atoms. The lowest BCUT2D eigenvalue weighted by Gasteiger charge is -2.13. The van der Waals surface area contributed by atoms with Crippen molar-refractivity contribution in [3.63, 3.8) is 0 Å². The molecule has 1 atom stereocenters. The maximum atomic E-state index is 13.4. The van der Waals surface area contributed by atoms with Gasteiger partial charge in [0.05, 0.1) is 6.10 Å². The standard InChI is InChI=1S/C12H11F2N3O2S/c13-7-1-2-8(9(14)5-7)10(18)6-16-11(19)17-12-15-3-4-20-12/h1-5,10,18H,6H2,(H2,15,16,17,19)/t10-/m1/s1. The quantitative estimate of drug-likeness (QED) is 0.811. The summed E-state index contributed by atoms with van der Waals surface area (Å²) in [6, 6.07) is 2.28. The Morgan fingerprint density at radius 2 is 2.25 bits per heavy atom. The summed E-state index contributed by atoms with van der Waals surface area (Å²) in [4.78, 5) is 15.3. The van der Waals surface area contributed by atoms with E-state index < -0.39 is 23.8 Å². The minimum absolute atomic E-state index is 0.0825. The van der Waals surface area contributed by atoms with Gasteiger partial charge in [-0.25, -0.2) is 18.6 Å². The molecule has 106 valence electrons. The zero-order chi connectivity index (χ0) is 14.5. The van der Waals surface area contributed by atoms with E-state index >= 15 is 0 Å². The van der Waals surface area contributed by atoms with Crippen molar-refractivity contribution in [3.05, 3.63) is 47.0 Å². The van der Waals surface area contributed by atoms with Gasteiger partial charge in [0.1, 0.15) is 11.6 Å². The van der Waals surface area contributed by atoms with Crippen LogP contribution in [0, 0.1) is 11.6 Å². The number of halogens is 2. The summed E-state index contributed by atoms with van der Waals surface area (Å²) in [7, 11) is 0. The van der Waals surface area contributed by atoms with E-state index in [1.807, 2.05) is 0 Å². The molecule has 0 radical (unpaired) electrons. The summed E-state index contributed by atoms with van der Waals surface area (Å²) in [5.74, 6) is -1.59. The third-order valence-corrected chi connectivity index (χ3v) is 3.12. The SMILES string of the molecule is O=C(NC[C@@H](O)c1ccc(F)cc1F)Nc1nccs1. The van der Waals surface area contributed by atoms with Crippen LogP contribution in [0.2, 0.25) is 0 Å². The van der Waals surface area contributed by atoms with Crippen LogP contribution in [0.4, 0.5) is 18.7 Å².